The molecule has 0 saturated carbocycles. The molecule has 0 aliphatic heterocycles. The van der Waals surface area contributed by atoms with Crippen LogP contribution in [-0.2, 0) is 6.54 Å². The molecule has 0 N–H and O–H groups in total. The summed E-state index contributed by atoms with van der Waals surface area (Å²) in [6.07, 6.45) is 2.75. The summed E-state index contributed by atoms with van der Waals surface area (Å²) in [6, 6.07) is 0. The Morgan fingerprint density at radius 2 is 2.42 bits per heavy atom. The number of imidazole rings is 1. The van der Waals surface area contributed by atoms with Crippen molar-refractivity contribution in [2.24, 2.45) is 5.92 Å². The molecule has 1 aromatic rings. The van der Waals surface area contributed by atoms with Crippen LogP contribution in [0.4, 0.5) is 5.82 Å². The lowest BCUT2D eigenvalue weighted by atomic mass is 10.2. The molecular weight excluding hydrogens is 158 g/mol. The number of nitrogens with zero attached hydrogens (tertiary/aromatic N) is 3. The topological polar surface area (TPSA) is 61.0 Å². The van der Waals surface area contributed by atoms with E-state index in [1.54, 1.807) is 4.57 Å². The van der Waals surface area contributed by atoms with E-state index in [9.17, 15) is 10.1 Å². The summed E-state index contributed by atoms with van der Waals surface area (Å²) in [6.45, 7) is 4.64. The lowest BCUT2D eigenvalue weighted by Crippen LogP contribution is -2.06. The smallest absolute Gasteiger partial charge is 0.342 e. The first-order valence-corrected chi connectivity index (χ1v) is 3.75. The Bertz CT molecular complexity index is 280. The van der Waals surface area contributed by atoms with Crippen LogP contribution in [-0.4, -0.2) is 14.5 Å². The third kappa shape index (κ3) is 1.81. The molecule has 0 unspecified atom stereocenters. The molecule has 0 amide bonds. The van der Waals surface area contributed by atoms with E-state index in [2.05, 4.69) is 4.98 Å². The number of hydrogen-bond donors (Lipinski definition) is 0. The predicted molar refractivity (Wildman–Crippen MR) is 43.7 cm³/mol. The molecular formula is C7H11N3O2. The molecule has 0 aliphatic carbocycles. The first-order valence-electron chi connectivity index (χ1n) is 3.75. The van der Waals surface area contributed by atoms with Crippen molar-refractivity contribution in [3.05, 3.63) is 22.6 Å². The lowest BCUT2D eigenvalue weighted by Gasteiger charge is -2.02. The summed E-state index contributed by atoms with van der Waals surface area (Å²) in [7, 11) is 0. The van der Waals surface area contributed by atoms with Gasteiger partial charge in [-0.25, -0.2) is 9.55 Å². The maximum absolute atomic E-state index is 10.4. The van der Waals surface area contributed by atoms with Crippen molar-refractivity contribution in [1.29, 1.82) is 0 Å². The second-order valence-electron chi connectivity index (χ2n) is 3.06. The molecule has 0 aliphatic rings. The molecule has 1 aromatic heterocycles. The summed E-state index contributed by atoms with van der Waals surface area (Å²) in [5.41, 5.74) is 0. The van der Waals surface area contributed by atoms with E-state index in [4.69, 9.17) is 0 Å². The summed E-state index contributed by atoms with van der Waals surface area (Å²) >= 11 is 0. The molecule has 5 heteroatoms. The second kappa shape index (κ2) is 3.34. The SMILES string of the molecule is CC(C)Cn1cncc1[N+](=O)[O-]. The van der Waals surface area contributed by atoms with E-state index in [0.29, 0.717) is 12.5 Å². The van der Waals surface area contributed by atoms with Gasteiger partial charge in [0.25, 0.3) is 0 Å². The fourth-order valence-electron chi connectivity index (χ4n) is 1.000. The van der Waals surface area contributed by atoms with Crippen LogP contribution in [0.1, 0.15) is 13.8 Å². The van der Waals surface area contributed by atoms with Gasteiger partial charge >= 0.3 is 5.82 Å². The standard InChI is InChI=1S/C7H11N3O2/c1-6(2)4-9-5-8-3-7(9)10(11)12/h3,5-6H,4H2,1-2H3. The Balaban J connectivity index is 2.84. The molecule has 0 atom stereocenters. The minimum atomic E-state index is -0.421. The van der Waals surface area contributed by atoms with Gasteiger partial charge in [-0.15, -0.1) is 0 Å². The zero-order chi connectivity index (χ0) is 9.14. The van der Waals surface area contributed by atoms with Crippen LogP contribution >= 0.6 is 0 Å². The molecule has 0 fully saturated rings. The number of rotatable bonds is 3. The minimum absolute atomic E-state index is 0.0590. The molecule has 66 valence electrons. The fraction of sp³-hybridized carbons (Fsp3) is 0.571. The predicted octanol–water partition coefficient (Wildman–Crippen LogP) is 1.45. The molecule has 0 aromatic carbocycles. The summed E-state index contributed by atoms with van der Waals surface area (Å²) in [4.78, 5) is 13.7. The zero-order valence-electron chi connectivity index (χ0n) is 7.10. The number of aromatic nitrogens is 2. The molecule has 12 heavy (non-hydrogen) atoms. The monoisotopic (exact) mass is 169 g/mol. The molecule has 1 heterocycles. The van der Waals surface area contributed by atoms with E-state index in [1.165, 1.54) is 12.5 Å². The van der Waals surface area contributed by atoms with Crippen LogP contribution in [0.3, 0.4) is 0 Å². The summed E-state index contributed by atoms with van der Waals surface area (Å²) in [5.74, 6) is 0.446. The third-order valence-electron chi connectivity index (χ3n) is 1.44. The van der Waals surface area contributed by atoms with Crippen LogP contribution in [0.2, 0.25) is 0 Å². The molecule has 0 radical (unpaired) electrons. The molecule has 1 rings (SSSR count). The van der Waals surface area contributed by atoms with Crippen LogP contribution < -0.4 is 0 Å². The van der Waals surface area contributed by atoms with Gasteiger partial charge in [0.15, 0.2) is 6.33 Å². The quantitative estimate of drug-likeness (QED) is 0.508. The van der Waals surface area contributed by atoms with Gasteiger partial charge < -0.3 is 10.1 Å². The van der Waals surface area contributed by atoms with Crippen molar-refractivity contribution in [1.82, 2.24) is 9.55 Å². The average Bonchev–Trinajstić information content (AvgIpc) is 2.33. The molecule has 0 spiro atoms. The normalized spacial score (nSPS) is 10.6. The van der Waals surface area contributed by atoms with Crippen molar-refractivity contribution < 1.29 is 4.92 Å². The van der Waals surface area contributed by atoms with E-state index in [-0.39, 0.29) is 5.82 Å². The second-order valence-corrected chi connectivity index (χ2v) is 3.06. The third-order valence-corrected chi connectivity index (χ3v) is 1.44. The highest BCUT2D eigenvalue weighted by Gasteiger charge is 2.13. The van der Waals surface area contributed by atoms with Gasteiger partial charge in [0, 0.05) is 0 Å². The van der Waals surface area contributed by atoms with Crippen molar-refractivity contribution in [2.75, 3.05) is 0 Å². The maximum Gasteiger partial charge on any atom is 0.342 e. The van der Waals surface area contributed by atoms with E-state index < -0.39 is 4.92 Å². The van der Waals surface area contributed by atoms with Crippen molar-refractivity contribution in [2.45, 2.75) is 20.4 Å². The molecule has 5 nitrogen and oxygen atoms in total. The van der Waals surface area contributed by atoms with Crippen molar-refractivity contribution >= 4 is 5.82 Å². The highest BCUT2D eigenvalue weighted by Crippen LogP contribution is 2.11. The largest absolute Gasteiger partial charge is 0.358 e. The van der Waals surface area contributed by atoms with Crippen LogP contribution in [0, 0.1) is 16.0 Å². The van der Waals surface area contributed by atoms with Gasteiger partial charge in [0.1, 0.15) is 6.20 Å². The molecule has 0 saturated heterocycles. The minimum Gasteiger partial charge on any atom is -0.358 e. The summed E-state index contributed by atoms with van der Waals surface area (Å²) < 4.78 is 1.55. The molecule has 0 bridgehead atoms. The Morgan fingerprint density at radius 1 is 1.75 bits per heavy atom. The van der Waals surface area contributed by atoms with Crippen LogP contribution in [0.15, 0.2) is 12.5 Å². The van der Waals surface area contributed by atoms with Gasteiger partial charge in [0.05, 0.1) is 6.54 Å². The van der Waals surface area contributed by atoms with Gasteiger partial charge in [-0.05, 0) is 10.8 Å². The van der Waals surface area contributed by atoms with Gasteiger partial charge in [-0.2, -0.15) is 0 Å². The lowest BCUT2D eigenvalue weighted by molar-refractivity contribution is -0.392. The highest BCUT2D eigenvalue weighted by atomic mass is 16.6. The van der Waals surface area contributed by atoms with Gasteiger partial charge in [-0.3, -0.25) is 0 Å². The first kappa shape index (κ1) is 8.70. The maximum atomic E-state index is 10.4. The van der Waals surface area contributed by atoms with Gasteiger partial charge in [-0.1, -0.05) is 13.8 Å². The van der Waals surface area contributed by atoms with Gasteiger partial charge in [0.2, 0.25) is 0 Å². The van der Waals surface area contributed by atoms with E-state index in [0.717, 1.165) is 0 Å². The fourth-order valence-corrected chi connectivity index (χ4v) is 1.000. The van der Waals surface area contributed by atoms with Crippen molar-refractivity contribution in [3.63, 3.8) is 0 Å². The highest BCUT2D eigenvalue weighted by molar-refractivity contribution is 5.14. The van der Waals surface area contributed by atoms with Crippen LogP contribution in [0.25, 0.3) is 0 Å². The Hall–Kier alpha value is -1.39. The van der Waals surface area contributed by atoms with Crippen LogP contribution in [0.5, 0.6) is 0 Å². The Kier molecular flexibility index (Phi) is 2.42. The van der Waals surface area contributed by atoms with Crippen molar-refractivity contribution in [3.8, 4) is 0 Å². The summed E-state index contributed by atoms with van der Waals surface area (Å²) in [5, 5.41) is 10.4. The number of nitro groups is 1. The number of hydrogen-bond acceptors (Lipinski definition) is 3. The Labute approximate surface area is 70.2 Å². The van der Waals surface area contributed by atoms with E-state index >= 15 is 0 Å². The van der Waals surface area contributed by atoms with E-state index in [1.807, 2.05) is 13.8 Å². The zero-order valence-corrected chi connectivity index (χ0v) is 7.10. The Morgan fingerprint density at radius 3 is 2.92 bits per heavy atom. The average molecular weight is 169 g/mol. The first-order chi connectivity index (χ1) is 5.61.